The summed E-state index contributed by atoms with van der Waals surface area (Å²) in [6, 6.07) is 8.83. The average molecular weight is 262 g/mol. The van der Waals surface area contributed by atoms with Crippen molar-refractivity contribution in [3.05, 3.63) is 46.4 Å². The number of thioether (sulfide) groups is 1. The molecule has 3 rings (SSSR count). The monoisotopic (exact) mass is 262 g/mol. The highest BCUT2D eigenvalue weighted by Gasteiger charge is 2.27. The Morgan fingerprint density at radius 3 is 3.06 bits per heavy atom. The van der Waals surface area contributed by atoms with Crippen LogP contribution < -0.4 is 5.73 Å². The van der Waals surface area contributed by atoms with Crippen molar-refractivity contribution in [2.24, 2.45) is 5.73 Å². The molecule has 88 valence electrons. The summed E-state index contributed by atoms with van der Waals surface area (Å²) >= 11 is 3.62. The molecular formula is C13H14N2S2. The molecule has 0 radical (unpaired) electrons. The van der Waals surface area contributed by atoms with E-state index < -0.39 is 0 Å². The van der Waals surface area contributed by atoms with Crippen LogP contribution in [0.5, 0.6) is 0 Å². The van der Waals surface area contributed by atoms with Crippen LogP contribution in [0, 0.1) is 0 Å². The Morgan fingerprint density at radius 2 is 2.29 bits per heavy atom. The van der Waals surface area contributed by atoms with Crippen molar-refractivity contribution < 1.29 is 0 Å². The number of rotatable bonds is 3. The van der Waals surface area contributed by atoms with Gasteiger partial charge in [0, 0.05) is 27.3 Å². The number of nitrogens with two attached hydrogens (primary N) is 1. The number of fused-ring (bicyclic) bond motifs is 1. The van der Waals surface area contributed by atoms with Crippen molar-refractivity contribution in [3.8, 4) is 0 Å². The number of hydrogen-bond donors (Lipinski definition) is 1. The molecule has 4 heteroatoms. The Labute approximate surface area is 109 Å². The molecule has 0 saturated carbocycles. The molecule has 1 aliphatic heterocycles. The van der Waals surface area contributed by atoms with Gasteiger partial charge in [0.15, 0.2) is 0 Å². The Kier molecular flexibility index (Phi) is 3.18. The van der Waals surface area contributed by atoms with Crippen molar-refractivity contribution in [1.29, 1.82) is 0 Å². The third kappa shape index (κ3) is 2.39. The smallest absolute Gasteiger partial charge is 0.0794 e. The molecular weight excluding hydrogens is 248 g/mol. The van der Waals surface area contributed by atoms with Crippen molar-refractivity contribution in [2.45, 2.75) is 29.0 Å². The highest BCUT2D eigenvalue weighted by Crippen LogP contribution is 2.38. The van der Waals surface area contributed by atoms with Crippen molar-refractivity contribution in [1.82, 2.24) is 4.98 Å². The number of benzene rings is 1. The van der Waals surface area contributed by atoms with Gasteiger partial charge < -0.3 is 5.73 Å². The zero-order valence-corrected chi connectivity index (χ0v) is 11.0. The second kappa shape index (κ2) is 4.80. The van der Waals surface area contributed by atoms with E-state index in [1.165, 1.54) is 15.3 Å². The Morgan fingerprint density at radius 1 is 1.41 bits per heavy atom. The Balaban J connectivity index is 1.68. The van der Waals surface area contributed by atoms with E-state index in [4.69, 9.17) is 5.73 Å². The molecule has 0 fully saturated rings. The van der Waals surface area contributed by atoms with E-state index in [2.05, 4.69) is 29.2 Å². The van der Waals surface area contributed by atoms with Gasteiger partial charge in [-0.2, -0.15) is 0 Å². The lowest BCUT2D eigenvalue weighted by Crippen LogP contribution is -2.34. The third-order valence-electron chi connectivity index (χ3n) is 3.07. The lowest BCUT2D eigenvalue weighted by atomic mass is 10.0. The molecule has 0 spiro atoms. The first-order valence-electron chi connectivity index (χ1n) is 5.70. The lowest BCUT2D eigenvalue weighted by Gasteiger charge is -2.16. The minimum atomic E-state index is 0.216. The van der Waals surface area contributed by atoms with Crippen LogP contribution in [0.2, 0.25) is 0 Å². The predicted molar refractivity (Wildman–Crippen MR) is 73.6 cm³/mol. The maximum atomic E-state index is 6.31. The molecule has 2 N–H and O–H groups in total. The van der Waals surface area contributed by atoms with Crippen LogP contribution in [0.3, 0.4) is 0 Å². The van der Waals surface area contributed by atoms with Gasteiger partial charge in [-0.3, -0.25) is 4.98 Å². The third-order valence-corrected chi connectivity index (χ3v) is 5.34. The first-order valence-corrected chi connectivity index (χ1v) is 7.46. The molecule has 17 heavy (non-hydrogen) atoms. The maximum absolute atomic E-state index is 6.31. The van der Waals surface area contributed by atoms with Gasteiger partial charge in [-0.1, -0.05) is 18.2 Å². The van der Waals surface area contributed by atoms with Crippen LogP contribution >= 0.6 is 23.1 Å². The van der Waals surface area contributed by atoms with Crippen LogP contribution in [0.15, 0.2) is 40.9 Å². The van der Waals surface area contributed by atoms with Gasteiger partial charge >= 0.3 is 0 Å². The second-order valence-electron chi connectivity index (χ2n) is 4.30. The van der Waals surface area contributed by atoms with Crippen LogP contribution in [0.1, 0.15) is 10.4 Å². The number of nitrogens with zero attached hydrogens (tertiary/aromatic N) is 1. The van der Waals surface area contributed by atoms with Crippen LogP contribution in [-0.4, -0.2) is 16.3 Å². The van der Waals surface area contributed by atoms with Crippen molar-refractivity contribution in [2.75, 3.05) is 0 Å². The van der Waals surface area contributed by atoms with Crippen LogP contribution in [-0.2, 0) is 12.8 Å². The fourth-order valence-electron chi connectivity index (χ4n) is 2.15. The topological polar surface area (TPSA) is 38.9 Å². The Hall–Kier alpha value is -0.840. The van der Waals surface area contributed by atoms with Crippen LogP contribution in [0.4, 0.5) is 0 Å². The van der Waals surface area contributed by atoms with E-state index in [-0.39, 0.29) is 6.04 Å². The van der Waals surface area contributed by atoms with Crippen molar-refractivity contribution >= 4 is 23.1 Å². The zero-order chi connectivity index (χ0) is 11.7. The molecule has 0 saturated heterocycles. The van der Waals surface area contributed by atoms with E-state index in [1.807, 2.05) is 23.5 Å². The summed E-state index contributed by atoms with van der Waals surface area (Å²) in [4.78, 5) is 6.78. The minimum absolute atomic E-state index is 0.216. The summed E-state index contributed by atoms with van der Waals surface area (Å²) < 4.78 is 0. The Bertz CT molecular complexity index is 471. The summed E-state index contributed by atoms with van der Waals surface area (Å²) in [5, 5.41) is 0.509. The van der Waals surface area contributed by atoms with E-state index in [1.54, 1.807) is 11.3 Å². The molecule has 1 aromatic carbocycles. The molecule has 0 amide bonds. The highest BCUT2D eigenvalue weighted by atomic mass is 32.2. The van der Waals surface area contributed by atoms with Gasteiger partial charge in [0.1, 0.15) is 0 Å². The zero-order valence-electron chi connectivity index (χ0n) is 9.37. The van der Waals surface area contributed by atoms with Crippen LogP contribution in [0.25, 0.3) is 0 Å². The molecule has 1 aromatic heterocycles. The standard InChI is InChI=1S/C13H14N2S2/c14-11(6-10-7-15-8-16-10)13-5-9-3-1-2-4-12(9)17-13/h1-4,7-8,11,13H,5-6,14H2. The fraction of sp³-hybridized carbons (Fsp3) is 0.308. The van der Waals surface area contributed by atoms with Crippen molar-refractivity contribution in [3.63, 3.8) is 0 Å². The highest BCUT2D eigenvalue weighted by molar-refractivity contribution is 8.00. The normalized spacial score (nSPS) is 20.2. The van der Waals surface area contributed by atoms with E-state index in [0.29, 0.717) is 5.25 Å². The van der Waals surface area contributed by atoms with E-state index >= 15 is 0 Å². The van der Waals surface area contributed by atoms with Gasteiger partial charge in [0.05, 0.1) is 5.51 Å². The summed E-state index contributed by atoms with van der Waals surface area (Å²) in [6.45, 7) is 0. The largest absolute Gasteiger partial charge is 0.326 e. The van der Waals surface area contributed by atoms with E-state index in [0.717, 1.165) is 12.8 Å². The molecule has 2 atom stereocenters. The quantitative estimate of drug-likeness (QED) is 0.924. The summed E-state index contributed by atoms with van der Waals surface area (Å²) in [6.07, 6.45) is 3.97. The number of aromatic nitrogens is 1. The fourth-order valence-corrected chi connectivity index (χ4v) is 4.14. The first-order chi connectivity index (χ1) is 8.33. The summed E-state index contributed by atoms with van der Waals surface area (Å²) in [5.74, 6) is 0. The molecule has 2 unspecified atom stereocenters. The molecule has 0 aliphatic carbocycles. The molecule has 2 aromatic rings. The van der Waals surface area contributed by atoms with Gasteiger partial charge in [0.2, 0.25) is 0 Å². The first kappa shape index (κ1) is 11.3. The average Bonchev–Trinajstić information content (AvgIpc) is 2.96. The van der Waals surface area contributed by atoms with Gasteiger partial charge in [-0.25, -0.2) is 0 Å². The number of thiazole rings is 1. The maximum Gasteiger partial charge on any atom is 0.0794 e. The van der Waals surface area contributed by atoms with Gasteiger partial charge in [-0.15, -0.1) is 23.1 Å². The van der Waals surface area contributed by atoms with Gasteiger partial charge in [0.25, 0.3) is 0 Å². The summed E-state index contributed by atoms with van der Waals surface area (Å²) in [7, 11) is 0. The predicted octanol–water partition coefficient (Wildman–Crippen LogP) is 2.73. The second-order valence-corrected chi connectivity index (χ2v) is 6.56. The van der Waals surface area contributed by atoms with Gasteiger partial charge in [-0.05, 0) is 24.5 Å². The molecule has 0 bridgehead atoms. The SMILES string of the molecule is NC(Cc1cncs1)C1Cc2ccccc2S1. The minimum Gasteiger partial charge on any atom is -0.326 e. The molecule has 2 heterocycles. The lowest BCUT2D eigenvalue weighted by molar-refractivity contribution is 0.637. The summed E-state index contributed by atoms with van der Waals surface area (Å²) in [5.41, 5.74) is 9.63. The molecule has 2 nitrogen and oxygen atoms in total. The van der Waals surface area contributed by atoms with E-state index in [9.17, 15) is 0 Å². The number of hydrogen-bond acceptors (Lipinski definition) is 4. The molecule has 1 aliphatic rings.